The molecule has 0 fully saturated rings. The molecule has 6 heteroatoms. The summed E-state index contributed by atoms with van der Waals surface area (Å²) in [7, 11) is 0. The van der Waals surface area contributed by atoms with Crippen molar-refractivity contribution in [3.63, 3.8) is 0 Å². The first-order valence-corrected chi connectivity index (χ1v) is 9.54. The van der Waals surface area contributed by atoms with Crippen LogP contribution in [-0.4, -0.2) is 29.6 Å². The molecule has 1 amide bonds. The number of hydrogen-bond acceptors (Lipinski definition) is 5. The molecule has 0 heterocycles. The predicted octanol–water partition coefficient (Wildman–Crippen LogP) is 3.22. The van der Waals surface area contributed by atoms with Gasteiger partial charge in [0.15, 0.2) is 0 Å². The zero-order valence-electron chi connectivity index (χ0n) is 16.4. The maximum Gasteiger partial charge on any atom is 0.328 e. The van der Waals surface area contributed by atoms with Gasteiger partial charge in [-0.2, -0.15) is 0 Å². The Hall–Kier alpha value is -3.02. The van der Waals surface area contributed by atoms with Crippen molar-refractivity contribution in [1.29, 1.82) is 0 Å². The van der Waals surface area contributed by atoms with Crippen LogP contribution in [0.15, 0.2) is 42.5 Å². The molecule has 0 saturated heterocycles. The molecule has 1 atom stereocenters. The van der Waals surface area contributed by atoms with Gasteiger partial charge in [-0.15, -0.1) is 0 Å². The lowest BCUT2D eigenvalue weighted by atomic mass is 10.0. The van der Waals surface area contributed by atoms with Crippen molar-refractivity contribution in [2.24, 2.45) is 0 Å². The summed E-state index contributed by atoms with van der Waals surface area (Å²) in [6.45, 7) is 3.98. The lowest BCUT2D eigenvalue weighted by molar-refractivity contribution is -0.145. The number of carbonyl (C=O) groups excluding carboxylic acids is 2. The number of unbranched alkanes of at least 4 members (excludes halogenated alkanes) is 1. The van der Waals surface area contributed by atoms with Crippen molar-refractivity contribution in [1.82, 2.24) is 5.32 Å². The Morgan fingerprint density at radius 1 is 1.14 bits per heavy atom. The molecule has 1 unspecified atom stereocenters. The van der Waals surface area contributed by atoms with Gasteiger partial charge in [-0.25, -0.2) is 4.79 Å². The first kappa shape index (κ1) is 21.3. The molecule has 2 aromatic rings. The number of nitrogen functional groups attached to an aromatic ring is 1. The summed E-state index contributed by atoms with van der Waals surface area (Å²) in [4.78, 5) is 24.4. The number of phenolic OH excluding ortho intramolecular Hbond substituents is 1. The van der Waals surface area contributed by atoms with E-state index in [2.05, 4.69) is 5.32 Å². The Bertz CT molecular complexity index is 803. The number of amides is 1. The SMILES string of the molecule is CCCCOC(=O)C(C)NC(=O)c1ccc(N)c(CCc2ccc(O)cc2)c1. The van der Waals surface area contributed by atoms with Gasteiger partial charge in [0, 0.05) is 11.3 Å². The van der Waals surface area contributed by atoms with Crippen LogP contribution in [0.3, 0.4) is 0 Å². The first-order chi connectivity index (χ1) is 13.4. The van der Waals surface area contributed by atoms with Crippen LogP contribution in [0, 0.1) is 0 Å². The molecule has 0 aromatic heterocycles. The zero-order chi connectivity index (χ0) is 20.5. The van der Waals surface area contributed by atoms with Gasteiger partial charge < -0.3 is 20.9 Å². The van der Waals surface area contributed by atoms with E-state index in [1.807, 2.05) is 19.1 Å². The molecule has 0 aliphatic carbocycles. The fourth-order valence-electron chi connectivity index (χ4n) is 2.69. The number of benzene rings is 2. The molecule has 0 spiro atoms. The summed E-state index contributed by atoms with van der Waals surface area (Å²) < 4.78 is 5.13. The minimum atomic E-state index is -0.720. The van der Waals surface area contributed by atoms with E-state index in [1.165, 1.54) is 0 Å². The number of carbonyl (C=O) groups is 2. The van der Waals surface area contributed by atoms with E-state index in [0.717, 1.165) is 30.4 Å². The molecular formula is C22H28N2O4. The van der Waals surface area contributed by atoms with Crippen LogP contribution >= 0.6 is 0 Å². The van der Waals surface area contributed by atoms with E-state index < -0.39 is 12.0 Å². The van der Waals surface area contributed by atoms with Crippen LogP contribution in [0.2, 0.25) is 0 Å². The number of hydrogen-bond donors (Lipinski definition) is 3. The van der Waals surface area contributed by atoms with Gasteiger partial charge in [-0.05, 0) is 67.6 Å². The highest BCUT2D eigenvalue weighted by molar-refractivity contribution is 5.97. The number of phenols is 1. The van der Waals surface area contributed by atoms with Crippen LogP contribution in [0.1, 0.15) is 48.2 Å². The van der Waals surface area contributed by atoms with Crippen molar-refractivity contribution < 1.29 is 19.4 Å². The Kier molecular flexibility index (Phi) is 7.87. The minimum Gasteiger partial charge on any atom is -0.508 e. The number of ether oxygens (including phenoxy) is 1. The second kappa shape index (κ2) is 10.3. The van der Waals surface area contributed by atoms with E-state index in [9.17, 15) is 14.7 Å². The molecular weight excluding hydrogens is 356 g/mol. The van der Waals surface area contributed by atoms with Crippen molar-refractivity contribution >= 4 is 17.6 Å². The lowest BCUT2D eigenvalue weighted by Gasteiger charge is -2.14. The van der Waals surface area contributed by atoms with Crippen LogP contribution in [0.4, 0.5) is 5.69 Å². The first-order valence-electron chi connectivity index (χ1n) is 9.54. The van der Waals surface area contributed by atoms with Gasteiger partial charge in [0.25, 0.3) is 5.91 Å². The minimum absolute atomic E-state index is 0.226. The molecule has 4 N–H and O–H groups in total. The Labute approximate surface area is 165 Å². The molecule has 2 rings (SSSR count). The fraction of sp³-hybridized carbons (Fsp3) is 0.364. The fourth-order valence-corrected chi connectivity index (χ4v) is 2.69. The van der Waals surface area contributed by atoms with Crippen molar-refractivity contribution in [3.05, 3.63) is 59.2 Å². The molecule has 0 radical (unpaired) electrons. The van der Waals surface area contributed by atoms with Crippen LogP contribution in [0.5, 0.6) is 5.75 Å². The Morgan fingerprint density at radius 2 is 1.86 bits per heavy atom. The predicted molar refractivity (Wildman–Crippen MR) is 109 cm³/mol. The summed E-state index contributed by atoms with van der Waals surface area (Å²) in [5.74, 6) is -0.556. The number of rotatable bonds is 9. The third kappa shape index (κ3) is 6.30. The average Bonchev–Trinajstić information content (AvgIpc) is 2.68. The Morgan fingerprint density at radius 3 is 2.54 bits per heavy atom. The number of aromatic hydroxyl groups is 1. The molecule has 28 heavy (non-hydrogen) atoms. The monoisotopic (exact) mass is 384 g/mol. The van der Waals surface area contributed by atoms with Crippen LogP contribution < -0.4 is 11.1 Å². The van der Waals surface area contributed by atoms with Crippen molar-refractivity contribution in [2.45, 2.75) is 45.6 Å². The number of esters is 1. The highest BCUT2D eigenvalue weighted by Crippen LogP contribution is 2.18. The van der Waals surface area contributed by atoms with Gasteiger partial charge >= 0.3 is 5.97 Å². The maximum atomic E-state index is 12.5. The summed E-state index contributed by atoms with van der Waals surface area (Å²) in [6.07, 6.45) is 3.13. The molecule has 150 valence electrons. The molecule has 0 aliphatic heterocycles. The van der Waals surface area contributed by atoms with Gasteiger partial charge in [-0.1, -0.05) is 25.5 Å². The van der Waals surface area contributed by atoms with E-state index in [4.69, 9.17) is 10.5 Å². The highest BCUT2D eigenvalue weighted by atomic mass is 16.5. The Balaban J connectivity index is 1.97. The number of nitrogens with one attached hydrogen (secondary N) is 1. The smallest absolute Gasteiger partial charge is 0.328 e. The summed E-state index contributed by atoms with van der Waals surface area (Å²) >= 11 is 0. The van der Waals surface area contributed by atoms with E-state index >= 15 is 0 Å². The van der Waals surface area contributed by atoms with E-state index in [-0.39, 0.29) is 11.7 Å². The summed E-state index contributed by atoms with van der Waals surface area (Å²) in [6, 6.07) is 11.4. The quantitative estimate of drug-likeness (QED) is 0.350. The standard InChI is InChI=1S/C22H28N2O4/c1-3-4-13-28-22(27)15(2)24-21(26)18-9-12-20(23)17(14-18)8-5-16-6-10-19(25)11-7-16/h6-7,9-12,14-15,25H,3-5,8,13,23H2,1-2H3,(H,24,26). The number of nitrogens with two attached hydrogens (primary N) is 1. The van der Waals surface area contributed by atoms with Crippen LogP contribution in [-0.2, 0) is 22.4 Å². The largest absolute Gasteiger partial charge is 0.508 e. The summed E-state index contributed by atoms with van der Waals surface area (Å²) in [5, 5.41) is 12.0. The van der Waals surface area contributed by atoms with Gasteiger partial charge in [-0.3, -0.25) is 4.79 Å². The third-order valence-electron chi connectivity index (χ3n) is 4.47. The van der Waals surface area contributed by atoms with E-state index in [0.29, 0.717) is 24.3 Å². The van der Waals surface area contributed by atoms with Crippen LogP contribution in [0.25, 0.3) is 0 Å². The lowest BCUT2D eigenvalue weighted by Crippen LogP contribution is -2.39. The molecule has 0 saturated carbocycles. The third-order valence-corrected chi connectivity index (χ3v) is 4.47. The van der Waals surface area contributed by atoms with Gasteiger partial charge in [0.05, 0.1) is 6.61 Å². The normalized spacial score (nSPS) is 11.6. The number of anilines is 1. The number of aryl methyl sites for hydroxylation is 2. The van der Waals surface area contributed by atoms with E-state index in [1.54, 1.807) is 37.3 Å². The maximum absolute atomic E-state index is 12.5. The van der Waals surface area contributed by atoms with Gasteiger partial charge in [0.2, 0.25) is 0 Å². The van der Waals surface area contributed by atoms with Crippen molar-refractivity contribution in [2.75, 3.05) is 12.3 Å². The zero-order valence-corrected chi connectivity index (χ0v) is 16.4. The molecule has 6 nitrogen and oxygen atoms in total. The summed E-state index contributed by atoms with van der Waals surface area (Å²) in [5.41, 5.74) is 9.04. The molecule has 0 bridgehead atoms. The second-order valence-corrected chi connectivity index (χ2v) is 6.80. The van der Waals surface area contributed by atoms with Gasteiger partial charge in [0.1, 0.15) is 11.8 Å². The second-order valence-electron chi connectivity index (χ2n) is 6.80. The van der Waals surface area contributed by atoms with Crippen molar-refractivity contribution in [3.8, 4) is 5.75 Å². The highest BCUT2D eigenvalue weighted by Gasteiger charge is 2.18. The molecule has 2 aromatic carbocycles. The molecule has 0 aliphatic rings. The average molecular weight is 384 g/mol. The topological polar surface area (TPSA) is 102 Å².